The number of pyridine rings is 2. The highest BCUT2D eigenvalue weighted by molar-refractivity contribution is 5.78. The number of methoxy groups -OCH3 is 1. The van der Waals surface area contributed by atoms with Crippen molar-refractivity contribution in [3.63, 3.8) is 0 Å². The fraction of sp³-hybridized carbons (Fsp3) is 0.364. The number of anilines is 1. The molecule has 1 fully saturated rings. The molecule has 2 aromatic rings. The average Bonchev–Trinajstić information content (AvgIpc) is 2.78. The first kappa shape index (κ1) is 22.2. The number of nitrogens with one attached hydrogen (secondary N) is 1. The van der Waals surface area contributed by atoms with E-state index >= 15 is 0 Å². The molecule has 3 rings (SSSR count). The second-order valence-electron chi connectivity index (χ2n) is 7.00. The molecule has 0 aliphatic carbocycles. The fourth-order valence-corrected chi connectivity index (χ4v) is 3.11. The van der Waals surface area contributed by atoms with E-state index < -0.39 is 5.60 Å². The van der Waals surface area contributed by atoms with E-state index in [0.29, 0.717) is 36.9 Å². The lowest BCUT2D eigenvalue weighted by molar-refractivity contribution is -0.216. The van der Waals surface area contributed by atoms with Crippen molar-refractivity contribution in [3.8, 4) is 11.8 Å². The van der Waals surface area contributed by atoms with Gasteiger partial charge in [-0.25, -0.2) is 4.98 Å². The highest BCUT2D eigenvalue weighted by Gasteiger charge is 2.42. The zero-order valence-corrected chi connectivity index (χ0v) is 17.8. The molecule has 1 saturated heterocycles. The van der Waals surface area contributed by atoms with Crippen molar-refractivity contribution in [2.75, 3.05) is 38.4 Å². The van der Waals surface area contributed by atoms with Crippen LogP contribution < -0.4 is 15.0 Å². The topological polar surface area (TPSA) is 110 Å². The largest absolute Gasteiger partial charge is 0.495 e. The summed E-state index contributed by atoms with van der Waals surface area (Å²) in [6, 6.07) is 7.36. The number of carbonyl (C=O) groups is 1. The summed E-state index contributed by atoms with van der Waals surface area (Å²) in [5.74, 6) is 1.02. The van der Waals surface area contributed by atoms with Gasteiger partial charge < -0.3 is 24.4 Å². The smallest absolute Gasteiger partial charge is 0.250 e. The van der Waals surface area contributed by atoms with Crippen LogP contribution in [-0.4, -0.2) is 49.4 Å². The Bertz CT molecular complexity index is 980. The first-order valence-electron chi connectivity index (χ1n) is 9.82. The number of amides is 1. The third-order valence-electron chi connectivity index (χ3n) is 4.96. The third kappa shape index (κ3) is 5.17. The summed E-state index contributed by atoms with van der Waals surface area (Å²) in [6.45, 7) is 5.05. The lowest BCUT2D eigenvalue weighted by Crippen LogP contribution is -2.50. The van der Waals surface area contributed by atoms with Gasteiger partial charge in [-0.3, -0.25) is 9.78 Å². The van der Waals surface area contributed by atoms with Gasteiger partial charge >= 0.3 is 0 Å². The maximum atomic E-state index is 12.4. The van der Waals surface area contributed by atoms with Gasteiger partial charge in [0.05, 0.1) is 32.1 Å². The van der Waals surface area contributed by atoms with Crippen LogP contribution in [-0.2, 0) is 19.9 Å². The van der Waals surface area contributed by atoms with E-state index in [1.54, 1.807) is 37.8 Å². The molecule has 9 nitrogen and oxygen atoms in total. The van der Waals surface area contributed by atoms with Gasteiger partial charge in [-0.05, 0) is 32.0 Å². The predicted octanol–water partition coefficient (Wildman–Crippen LogP) is 2.10. The van der Waals surface area contributed by atoms with E-state index in [9.17, 15) is 4.79 Å². The number of hydrogen-bond acceptors (Lipinski definition) is 8. The maximum absolute atomic E-state index is 12.4. The average molecular weight is 423 g/mol. The van der Waals surface area contributed by atoms with E-state index in [-0.39, 0.29) is 12.5 Å². The van der Waals surface area contributed by atoms with Gasteiger partial charge in [0, 0.05) is 36.4 Å². The molecule has 0 bridgehead atoms. The highest BCUT2D eigenvalue weighted by atomic mass is 16.6. The number of nitrogens with zero attached hydrogens (tertiary/aromatic N) is 4. The molecule has 31 heavy (non-hydrogen) atoms. The van der Waals surface area contributed by atoms with Crippen LogP contribution >= 0.6 is 0 Å². The zero-order chi connectivity index (χ0) is 22.3. The van der Waals surface area contributed by atoms with Gasteiger partial charge in [0.15, 0.2) is 0 Å². The van der Waals surface area contributed by atoms with Crippen molar-refractivity contribution in [1.82, 2.24) is 15.3 Å². The molecule has 162 valence electrons. The van der Waals surface area contributed by atoms with Crippen LogP contribution in [0.15, 0.2) is 48.7 Å². The minimum atomic E-state index is -0.709. The molecular formula is C22H25N5O4. The summed E-state index contributed by atoms with van der Waals surface area (Å²) in [4.78, 5) is 22.8. The molecule has 0 saturated carbocycles. The van der Waals surface area contributed by atoms with Crippen LogP contribution in [0.4, 0.5) is 5.82 Å². The Balaban J connectivity index is 1.60. The van der Waals surface area contributed by atoms with E-state index in [1.165, 1.54) is 6.20 Å². The molecule has 1 aliphatic rings. The Morgan fingerprint density at radius 2 is 2.19 bits per heavy atom. The molecule has 1 aliphatic heterocycles. The quantitative estimate of drug-likeness (QED) is 0.653. The predicted molar refractivity (Wildman–Crippen MR) is 113 cm³/mol. The van der Waals surface area contributed by atoms with Crippen LogP contribution in [0, 0.1) is 11.3 Å². The van der Waals surface area contributed by atoms with Gasteiger partial charge in [-0.2, -0.15) is 5.26 Å². The third-order valence-corrected chi connectivity index (χ3v) is 4.96. The monoisotopic (exact) mass is 423 g/mol. The molecule has 9 heteroatoms. The Labute approximate surface area is 181 Å². The lowest BCUT2D eigenvalue weighted by atomic mass is 9.93. The van der Waals surface area contributed by atoms with Crippen LogP contribution in [0.5, 0.6) is 5.75 Å². The van der Waals surface area contributed by atoms with Crippen molar-refractivity contribution in [1.29, 1.82) is 5.26 Å². The molecule has 3 heterocycles. The van der Waals surface area contributed by atoms with E-state index in [0.717, 1.165) is 11.3 Å². The fourth-order valence-electron chi connectivity index (χ4n) is 3.11. The number of nitriles is 1. The zero-order valence-electron chi connectivity index (χ0n) is 17.8. The van der Waals surface area contributed by atoms with Crippen LogP contribution in [0.1, 0.15) is 25.0 Å². The number of ether oxygens (including phenoxy) is 3. The van der Waals surface area contributed by atoms with Crippen molar-refractivity contribution >= 4 is 11.7 Å². The van der Waals surface area contributed by atoms with Crippen molar-refractivity contribution in [2.24, 2.45) is 0 Å². The van der Waals surface area contributed by atoms with Gasteiger partial charge in [-0.1, -0.05) is 0 Å². The van der Waals surface area contributed by atoms with E-state index in [4.69, 9.17) is 19.5 Å². The van der Waals surface area contributed by atoms with E-state index in [1.807, 2.05) is 30.9 Å². The molecule has 0 unspecified atom stereocenters. The minimum absolute atomic E-state index is 0.133. The van der Waals surface area contributed by atoms with Crippen molar-refractivity contribution in [2.45, 2.75) is 19.4 Å². The Hall–Kier alpha value is -3.48. The van der Waals surface area contributed by atoms with Crippen molar-refractivity contribution < 1.29 is 19.0 Å². The summed E-state index contributed by atoms with van der Waals surface area (Å²) in [7, 11) is 1.57. The summed E-state index contributed by atoms with van der Waals surface area (Å²) in [5, 5.41) is 11.7. The molecular weight excluding hydrogens is 398 g/mol. The number of aromatic nitrogens is 2. The second kappa shape index (κ2) is 10.0. The van der Waals surface area contributed by atoms with Crippen molar-refractivity contribution in [3.05, 3.63) is 59.8 Å². The highest BCUT2D eigenvalue weighted by Crippen LogP contribution is 2.34. The van der Waals surface area contributed by atoms with E-state index in [2.05, 4.69) is 15.3 Å². The minimum Gasteiger partial charge on any atom is -0.495 e. The summed E-state index contributed by atoms with van der Waals surface area (Å²) >= 11 is 0. The van der Waals surface area contributed by atoms with Gasteiger partial charge in [0.1, 0.15) is 29.8 Å². The summed E-state index contributed by atoms with van der Waals surface area (Å²) < 4.78 is 16.5. The Kier molecular flexibility index (Phi) is 7.18. The first-order valence-corrected chi connectivity index (χ1v) is 9.82. The second-order valence-corrected chi connectivity index (χ2v) is 7.00. The molecule has 2 aromatic heterocycles. The molecule has 1 amide bonds. The maximum Gasteiger partial charge on any atom is 0.250 e. The van der Waals surface area contributed by atoms with Crippen LogP contribution in [0.25, 0.3) is 0 Å². The molecule has 0 radical (unpaired) electrons. The van der Waals surface area contributed by atoms with Gasteiger partial charge in [0.2, 0.25) is 5.91 Å². The summed E-state index contributed by atoms with van der Waals surface area (Å²) in [5.41, 5.74) is 1.39. The van der Waals surface area contributed by atoms with Gasteiger partial charge in [0.25, 0.3) is 0 Å². The molecule has 1 N–H and O–H groups in total. The standard InChI is InChI=1S/C22H25N5O4/c1-4-27(20-6-5-17(8-23)10-25-20)16(2)9-26-21(28)13-31-22(14-30-15-22)18-7-19(29-3)12-24-11-18/h5-7,9-12H,4,13-15H2,1-3H3,(H,26,28)/b16-9+. The summed E-state index contributed by atoms with van der Waals surface area (Å²) in [6.07, 6.45) is 6.44. The van der Waals surface area contributed by atoms with Crippen LogP contribution in [0.3, 0.4) is 0 Å². The number of carbonyl (C=O) groups excluding carboxylic acids is 1. The first-order chi connectivity index (χ1) is 15.0. The SMILES string of the molecule is CCN(/C(C)=C/NC(=O)COC1(c2cncc(OC)c2)COC1)c1ccc(C#N)cn1. The lowest BCUT2D eigenvalue weighted by Gasteiger charge is -2.41. The number of rotatable bonds is 9. The number of allylic oxidation sites excluding steroid dienone is 1. The number of hydrogen-bond donors (Lipinski definition) is 1. The van der Waals surface area contributed by atoms with Crippen LogP contribution in [0.2, 0.25) is 0 Å². The normalized spacial score (nSPS) is 14.8. The Morgan fingerprint density at radius 1 is 1.39 bits per heavy atom. The van der Waals surface area contributed by atoms with Gasteiger partial charge in [-0.15, -0.1) is 0 Å². The molecule has 0 aromatic carbocycles. The Morgan fingerprint density at radius 3 is 2.77 bits per heavy atom. The molecule has 0 atom stereocenters. The molecule has 0 spiro atoms.